The van der Waals surface area contributed by atoms with Crippen LogP contribution in [0.4, 0.5) is 0 Å². The van der Waals surface area contributed by atoms with Gasteiger partial charge in [0.15, 0.2) is 11.9 Å². The SMILES string of the molecule is C=CC1C(OC2OC(CO)C3(C=c4cc[n-]c4=C(CCCO)O3)C(O)C2O)CC=C(C(=O)OC)C1CC(=O)O. The number of ether oxygens (including phenoxy) is 4. The molecular formula is C27H34NO11-. The summed E-state index contributed by atoms with van der Waals surface area (Å²) in [7, 11) is 1.20. The Balaban J connectivity index is 1.61. The molecule has 0 aromatic carbocycles. The molecule has 4 rings (SSSR count). The van der Waals surface area contributed by atoms with Crippen LogP contribution < -0.4 is 15.6 Å². The molecule has 0 bridgehead atoms. The van der Waals surface area contributed by atoms with Gasteiger partial charge in [0, 0.05) is 30.4 Å². The zero-order chi connectivity index (χ0) is 28.3. The van der Waals surface area contributed by atoms with Crippen LogP contribution in [-0.2, 0) is 28.5 Å². The second kappa shape index (κ2) is 12.0. The molecule has 0 saturated carbocycles. The Kier molecular flexibility index (Phi) is 8.94. The Morgan fingerprint density at radius 1 is 1.31 bits per heavy atom. The van der Waals surface area contributed by atoms with E-state index >= 15 is 0 Å². The molecule has 1 spiro atoms. The summed E-state index contributed by atoms with van der Waals surface area (Å²) < 4.78 is 23.1. The van der Waals surface area contributed by atoms with Crippen molar-refractivity contribution in [1.29, 1.82) is 0 Å². The summed E-state index contributed by atoms with van der Waals surface area (Å²) in [6.07, 6.45) is -0.0301. The van der Waals surface area contributed by atoms with Gasteiger partial charge in [-0.25, -0.2) is 4.79 Å². The molecule has 8 unspecified atom stereocenters. The fraction of sp³-hybridized carbons (Fsp3) is 0.556. The lowest BCUT2D eigenvalue weighted by molar-refractivity contribution is -0.328. The molecule has 1 aromatic heterocycles. The minimum atomic E-state index is -1.67. The van der Waals surface area contributed by atoms with E-state index in [2.05, 4.69) is 11.6 Å². The Bertz CT molecular complexity index is 1220. The van der Waals surface area contributed by atoms with Gasteiger partial charge in [-0.05, 0) is 24.1 Å². The number of aliphatic hydroxyl groups is 4. The summed E-state index contributed by atoms with van der Waals surface area (Å²) in [5.41, 5.74) is -1.48. The van der Waals surface area contributed by atoms with E-state index in [4.69, 9.17) is 18.9 Å². The van der Waals surface area contributed by atoms with Gasteiger partial charge in [0.25, 0.3) is 0 Å². The van der Waals surface area contributed by atoms with Gasteiger partial charge < -0.3 is 49.5 Å². The van der Waals surface area contributed by atoms with Gasteiger partial charge in [-0.1, -0.05) is 23.6 Å². The van der Waals surface area contributed by atoms with Crippen LogP contribution in [0.25, 0.3) is 11.8 Å². The van der Waals surface area contributed by atoms with Crippen molar-refractivity contribution in [1.82, 2.24) is 4.98 Å². The third kappa shape index (κ3) is 5.40. The number of carboxylic acid groups (broad SMARTS) is 1. The predicted octanol–water partition coefficient (Wildman–Crippen LogP) is -1.71. The highest BCUT2D eigenvalue weighted by Gasteiger charge is 2.58. The number of nitrogens with zero attached hydrogens (tertiary/aromatic N) is 1. The number of rotatable bonds is 10. The van der Waals surface area contributed by atoms with Gasteiger partial charge in [-0.3, -0.25) is 4.79 Å². The number of aliphatic carboxylic acids is 1. The summed E-state index contributed by atoms with van der Waals surface area (Å²) in [6.45, 7) is 3.10. The van der Waals surface area contributed by atoms with E-state index in [1.807, 2.05) is 0 Å². The van der Waals surface area contributed by atoms with Crippen molar-refractivity contribution >= 4 is 23.8 Å². The normalized spacial score (nSPS) is 33.9. The number of carboxylic acids is 1. The summed E-state index contributed by atoms with van der Waals surface area (Å²) in [5, 5.41) is 52.7. The van der Waals surface area contributed by atoms with Crippen LogP contribution in [0.2, 0.25) is 0 Å². The third-order valence-corrected chi connectivity index (χ3v) is 7.53. The molecule has 0 radical (unpaired) electrons. The topological polar surface area (TPSA) is 186 Å². The van der Waals surface area contributed by atoms with Crippen molar-refractivity contribution in [3.63, 3.8) is 0 Å². The molecule has 214 valence electrons. The van der Waals surface area contributed by atoms with Gasteiger partial charge in [0.2, 0.25) is 0 Å². The second-order valence-electron chi connectivity index (χ2n) is 9.79. The largest absolute Gasteiger partial charge is 0.661 e. The number of methoxy groups -OCH3 is 1. The van der Waals surface area contributed by atoms with Gasteiger partial charge in [-0.15, -0.1) is 6.58 Å². The van der Waals surface area contributed by atoms with E-state index in [-0.39, 0.29) is 25.0 Å². The maximum absolute atomic E-state index is 12.3. The standard InChI is InChI=1S/C27H34NO11/c1-3-15-17(11-21(31)32)16(25(35)36-2)6-7-18(15)37-26-23(33)24(34)27(20(13-30)38-26)12-14-8-9-28-22(14)19(39-27)5-4-10-29/h3,6,8-9,12,15,17-18,20,23-24,26,29-30,33-34H,1,4-5,7,10-11,13H2,2H3,(H,31,32)/q-1. The van der Waals surface area contributed by atoms with E-state index in [0.717, 1.165) is 0 Å². The maximum Gasteiger partial charge on any atom is 0.333 e. The number of aromatic nitrogens is 1. The molecule has 8 atom stereocenters. The highest BCUT2D eigenvalue weighted by Crippen LogP contribution is 2.41. The van der Waals surface area contributed by atoms with E-state index in [1.54, 1.807) is 18.3 Å². The zero-order valence-electron chi connectivity index (χ0n) is 21.5. The molecular weight excluding hydrogens is 514 g/mol. The first-order valence-electron chi connectivity index (χ1n) is 12.7. The molecule has 1 fully saturated rings. The van der Waals surface area contributed by atoms with Gasteiger partial charge >= 0.3 is 11.9 Å². The highest BCUT2D eigenvalue weighted by atomic mass is 16.7. The highest BCUT2D eigenvalue weighted by molar-refractivity contribution is 5.90. The lowest BCUT2D eigenvalue weighted by Crippen LogP contribution is -2.69. The molecule has 2 aliphatic heterocycles. The third-order valence-electron chi connectivity index (χ3n) is 7.53. The quantitative estimate of drug-likeness (QED) is 0.165. The van der Waals surface area contributed by atoms with E-state index in [0.29, 0.717) is 29.2 Å². The first kappa shape index (κ1) is 29.0. The van der Waals surface area contributed by atoms with Crippen molar-refractivity contribution in [2.75, 3.05) is 20.3 Å². The van der Waals surface area contributed by atoms with E-state index in [9.17, 15) is 35.1 Å². The van der Waals surface area contributed by atoms with E-state index < -0.39 is 66.7 Å². The number of fused-ring (bicyclic) bond motifs is 1. The Morgan fingerprint density at radius 3 is 2.72 bits per heavy atom. The average Bonchev–Trinajstić information content (AvgIpc) is 3.40. The number of hydrogen-bond acceptors (Lipinski definition) is 10. The van der Waals surface area contributed by atoms with Crippen LogP contribution in [-0.4, -0.2) is 94.1 Å². The Morgan fingerprint density at radius 2 is 2.08 bits per heavy atom. The maximum atomic E-state index is 12.3. The molecule has 5 N–H and O–H groups in total. The molecule has 1 aliphatic carbocycles. The minimum absolute atomic E-state index is 0.0957. The average molecular weight is 549 g/mol. The lowest BCUT2D eigenvalue weighted by atomic mass is 9.74. The number of esters is 1. The summed E-state index contributed by atoms with van der Waals surface area (Å²) in [4.78, 5) is 28.2. The van der Waals surface area contributed by atoms with Crippen molar-refractivity contribution in [3.05, 3.63) is 47.1 Å². The van der Waals surface area contributed by atoms with Gasteiger partial charge in [0.1, 0.15) is 18.3 Å². The molecule has 12 nitrogen and oxygen atoms in total. The molecule has 12 heteroatoms. The van der Waals surface area contributed by atoms with Gasteiger partial charge in [0.05, 0.1) is 32.0 Å². The lowest BCUT2D eigenvalue weighted by Gasteiger charge is -2.51. The molecule has 3 aliphatic rings. The number of aliphatic hydroxyl groups excluding tert-OH is 4. The molecule has 1 saturated heterocycles. The van der Waals surface area contributed by atoms with Crippen LogP contribution in [0.1, 0.15) is 25.7 Å². The smallest absolute Gasteiger partial charge is 0.333 e. The molecule has 3 heterocycles. The van der Waals surface area contributed by atoms with Crippen molar-refractivity contribution in [2.24, 2.45) is 11.8 Å². The van der Waals surface area contributed by atoms with Crippen molar-refractivity contribution < 1.29 is 54.1 Å². The first-order chi connectivity index (χ1) is 18.7. The van der Waals surface area contributed by atoms with Crippen LogP contribution in [0.3, 0.4) is 0 Å². The number of carbonyl (C=O) groups excluding carboxylic acids is 1. The van der Waals surface area contributed by atoms with Gasteiger partial charge in [-0.2, -0.15) is 6.20 Å². The Labute approximate surface area is 224 Å². The van der Waals surface area contributed by atoms with Crippen LogP contribution in [0.15, 0.2) is 36.6 Å². The van der Waals surface area contributed by atoms with Crippen LogP contribution >= 0.6 is 0 Å². The molecule has 39 heavy (non-hydrogen) atoms. The van der Waals surface area contributed by atoms with Crippen LogP contribution in [0, 0.1) is 11.8 Å². The fourth-order valence-electron chi connectivity index (χ4n) is 5.64. The predicted molar refractivity (Wildman–Crippen MR) is 134 cm³/mol. The second-order valence-corrected chi connectivity index (χ2v) is 9.79. The zero-order valence-corrected chi connectivity index (χ0v) is 21.5. The summed E-state index contributed by atoms with van der Waals surface area (Å²) in [6, 6.07) is 1.71. The summed E-state index contributed by atoms with van der Waals surface area (Å²) in [5.74, 6) is -2.87. The minimum Gasteiger partial charge on any atom is -0.661 e. The monoisotopic (exact) mass is 548 g/mol. The Hall–Kier alpha value is -3.00. The summed E-state index contributed by atoms with van der Waals surface area (Å²) >= 11 is 0. The van der Waals surface area contributed by atoms with Crippen LogP contribution in [0.5, 0.6) is 0 Å². The van der Waals surface area contributed by atoms with E-state index in [1.165, 1.54) is 19.3 Å². The van der Waals surface area contributed by atoms with Crippen molar-refractivity contribution in [3.8, 4) is 0 Å². The van der Waals surface area contributed by atoms with Crippen molar-refractivity contribution in [2.45, 2.75) is 62.0 Å². The molecule has 1 aromatic rings. The number of hydrogen-bond donors (Lipinski definition) is 5. The molecule has 0 amide bonds. The number of carbonyl (C=O) groups is 2. The fourth-order valence-corrected chi connectivity index (χ4v) is 5.64. The first-order valence-corrected chi connectivity index (χ1v) is 12.7.